The Morgan fingerprint density at radius 2 is 1.86 bits per heavy atom. The van der Waals surface area contributed by atoms with Gasteiger partial charge in [-0.25, -0.2) is 0 Å². The average molecular weight is 483 g/mol. The van der Waals surface area contributed by atoms with Gasteiger partial charge in [-0.1, -0.05) is 57.0 Å². The van der Waals surface area contributed by atoms with Crippen molar-refractivity contribution in [3.05, 3.63) is 88.5 Å². The number of rotatable bonds is 4. The molecule has 6 nitrogen and oxygen atoms in total. The number of hydrogen-bond acceptors (Lipinski definition) is 6. The number of aliphatic hydroxyl groups is 2. The molecule has 1 saturated heterocycles. The van der Waals surface area contributed by atoms with E-state index in [9.17, 15) is 10.2 Å². The molecule has 1 unspecified atom stereocenters. The zero-order chi connectivity index (χ0) is 25.6. The average Bonchev–Trinajstić information content (AvgIpc) is 2.87. The first-order valence-electron chi connectivity index (χ1n) is 12.7. The normalized spacial score (nSPS) is 22.6. The maximum absolute atomic E-state index is 12.4. The number of pyridine rings is 1. The van der Waals surface area contributed by atoms with Crippen molar-refractivity contribution in [1.82, 2.24) is 20.1 Å². The Morgan fingerprint density at radius 1 is 1.11 bits per heavy atom. The van der Waals surface area contributed by atoms with Crippen LogP contribution in [0.5, 0.6) is 0 Å². The van der Waals surface area contributed by atoms with Crippen LogP contribution < -0.4 is 0 Å². The van der Waals surface area contributed by atoms with E-state index in [0.717, 1.165) is 37.1 Å². The summed E-state index contributed by atoms with van der Waals surface area (Å²) in [4.78, 5) is 6.63. The number of benzene rings is 1. The topological polar surface area (TPSA) is 82.4 Å². The summed E-state index contributed by atoms with van der Waals surface area (Å²) in [5, 5.41) is 32.2. The minimum Gasteiger partial charge on any atom is -0.380 e. The maximum atomic E-state index is 12.4. The number of aryl methyl sites for hydroxylation is 1. The Hall–Kier alpha value is -3.11. The van der Waals surface area contributed by atoms with Gasteiger partial charge in [-0.2, -0.15) is 5.10 Å². The summed E-state index contributed by atoms with van der Waals surface area (Å²) in [6.07, 6.45) is 5.58. The lowest BCUT2D eigenvalue weighted by molar-refractivity contribution is -0.127. The van der Waals surface area contributed by atoms with E-state index in [1.807, 2.05) is 30.3 Å². The summed E-state index contributed by atoms with van der Waals surface area (Å²) in [7, 11) is 2.06. The molecule has 1 aliphatic heterocycles. The highest BCUT2D eigenvalue weighted by atomic mass is 16.3. The number of nitrogens with zero attached hydrogens (tertiary/aromatic N) is 4. The number of likely N-dealkylation sites (tertiary alicyclic amines) is 1. The Kier molecular flexibility index (Phi) is 6.20. The molecule has 3 aromatic rings. The molecule has 1 aliphatic carbocycles. The van der Waals surface area contributed by atoms with Crippen molar-refractivity contribution in [2.24, 2.45) is 5.41 Å². The highest BCUT2D eigenvalue weighted by Crippen LogP contribution is 2.50. The predicted molar refractivity (Wildman–Crippen MR) is 139 cm³/mol. The molecule has 3 heterocycles. The molecule has 2 aliphatic rings. The molecule has 1 aromatic carbocycles. The van der Waals surface area contributed by atoms with Crippen molar-refractivity contribution in [1.29, 1.82) is 0 Å². The second-order valence-corrected chi connectivity index (χ2v) is 11.0. The minimum atomic E-state index is -1.32. The first-order chi connectivity index (χ1) is 17.1. The lowest BCUT2D eigenvalue weighted by atomic mass is 9.62. The Morgan fingerprint density at radius 3 is 2.56 bits per heavy atom. The second-order valence-electron chi connectivity index (χ2n) is 11.0. The molecule has 1 fully saturated rings. The predicted octanol–water partition coefficient (Wildman–Crippen LogP) is 3.76. The zero-order valence-corrected chi connectivity index (χ0v) is 21.5. The van der Waals surface area contributed by atoms with E-state index in [0.29, 0.717) is 29.3 Å². The molecule has 186 valence electrons. The minimum absolute atomic E-state index is 0.404. The monoisotopic (exact) mass is 482 g/mol. The maximum Gasteiger partial charge on any atom is 0.168 e. The molecule has 0 amide bonds. The van der Waals surface area contributed by atoms with Gasteiger partial charge < -0.3 is 15.1 Å². The van der Waals surface area contributed by atoms with Crippen LogP contribution in [0.1, 0.15) is 73.2 Å². The van der Waals surface area contributed by atoms with Crippen LogP contribution in [0.15, 0.2) is 54.9 Å². The van der Waals surface area contributed by atoms with Gasteiger partial charge in [-0.15, -0.1) is 5.10 Å². The smallest absolute Gasteiger partial charge is 0.168 e. The van der Waals surface area contributed by atoms with Crippen LogP contribution in [0.4, 0.5) is 0 Å². The quantitative estimate of drug-likeness (QED) is 0.551. The third-order valence-corrected chi connectivity index (χ3v) is 7.84. The van der Waals surface area contributed by atoms with E-state index in [2.05, 4.69) is 71.9 Å². The highest BCUT2D eigenvalue weighted by Gasteiger charge is 2.55. The van der Waals surface area contributed by atoms with Crippen LogP contribution in [-0.4, -0.2) is 50.4 Å². The molecule has 6 heteroatoms. The van der Waals surface area contributed by atoms with Gasteiger partial charge in [-0.05, 0) is 67.0 Å². The van der Waals surface area contributed by atoms with Gasteiger partial charge in [0.1, 0.15) is 11.3 Å². The summed E-state index contributed by atoms with van der Waals surface area (Å²) in [5.41, 5.74) is 1.79. The molecule has 0 spiro atoms. The number of aromatic nitrogens is 3. The van der Waals surface area contributed by atoms with Crippen LogP contribution in [-0.2, 0) is 17.6 Å². The summed E-state index contributed by atoms with van der Waals surface area (Å²) < 4.78 is 0. The lowest BCUT2D eigenvalue weighted by Gasteiger charge is -2.55. The Labute approximate surface area is 213 Å². The van der Waals surface area contributed by atoms with Gasteiger partial charge in [0.25, 0.3) is 0 Å². The van der Waals surface area contributed by atoms with Crippen LogP contribution in [0, 0.1) is 17.3 Å². The molecular weight excluding hydrogens is 448 g/mol. The van der Waals surface area contributed by atoms with Crippen molar-refractivity contribution in [3.8, 4) is 11.8 Å². The fraction of sp³-hybridized carbons (Fsp3) is 0.433. The van der Waals surface area contributed by atoms with Crippen LogP contribution in [0.3, 0.4) is 0 Å². The SMILES string of the molecule is CC(C)c1ccc([C@](O)(c2cnnc(C#CC3(O)CCCc4cccnc43)c2)C2(C)CN(C)C2)cc1. The van der Waals surface area contributed by atoms with Crippen LogP contribution in [0.2, 0.25) is 0 Å². The van der Waals surface area contributed by atoms with Crippen molar-refractivity contribution >= 4 is 0 Å². The second kappa shape index (κ2) is 9.08. The lowest BCUT2D eigenvalue weighted by Crippen LogP contribution is -2.63. The molecule has 0 radical (unpaired) electrons. The molecule has 36 heavy (non-hydrogen) atoms. The van der Waals surface area contributed by atoms with Gasteiger partial charge in [0.15, 0.2) is 5.60 Å². The van der Waals surface area contributed by atoms with Crippen molar-refractivity contribution in [2.75, 3.05) is 20.1 Å². The molecule has 5 rings (SSSR count). The fourth-order valence-electron chi connectivity index (χ4n) is 5.93. The first-order valence-corrected chi connectivity index (χ1v) is 12.7. The molecular formula is C30H34N4O2. The summed E-state index contributed by atoms with van der Waals surface area (Å²) in [6, 6.07) is 13.9. The summed E-state index contributed by atoms with van der Waals surface area (Å²) >= 11 is 0. The largest absolute Gasteiger partial charge is 0.380 e. The van der Waals surface area contributed by atoms with Gasteiger partial charge in [-0.3, -0.25) is 4.98 Å². The third kappa shape index (κ3) is 4.12. The Balaban J connectivity index is 1.55. The number of hydrogen-bond donors (Lipinski definition) is 2. The molecule has 0 bridgehead atoms. The highest BCUT2D eigenvalue weighted by molar-refractivity contribution is 5.44. The summed E-state index contributed by atoms with van der Waals surface area (Å²) in [6.45, 7) is 7.94. The van der Waals surface area contributed by atoms with Gasteiger partial charge in [0.2, 0.25) is 0 Å². The molecule has 0 saturated carbocycles. The fourth-order valence-corrected chi connectivity index (χ4v) is 5.93. The van der Waals surface area contributed by atoms with E-state index >= 15 is 0 Å². The van der Waals surface area contributed by atoms with Gasteiger partial charge >= 0.3 is 0 Å². The molecule has 2 aromatic heterocycles. The van der Waals surface area contributed by atoms with E-state index in [-0.39, 0.29) is 0 Å². The van der Waals surface area contributed by atoms with Crippen molar-refractivity contribution in [2.45, 2.75) is 57.2 Å². The van der Waals surface area contributed by atoms with E-state index in [4.69, 9.17) is 0 Å². The first kappa shape index (κ1) is 24.6. The van der Waals surface area contributed by atoms with E-state index < -0.39 is 16.6 Å². The van der Waals surface area contributed by atoms with Crippen molar-refractivity contribution in [3.63, 3.8) is 0 Å². The van der Waals surface area contributed by atoms with Crippen LogP contribution >= 0.6 is 0 Å². The van der Waals surface area contributed by atoms with Gasteiger partial charge in [0, 0.05) is 30.3 Å². The standard InChI is InChI=1S/C30H34N4O2/c1-21(2)22-9-11-24(12-10-22)30(36,28(3)19-34(4)20-28)25-17-26(33-32-18-25)13-15-29(35)14-5-7-23-8-6-16-31-27(23)29/h6,8-12,16-18,21,35-36H,5,7,14,19-20H2,1-4H3/t29?,30-/m0/s1. The third-order valence-electron chi connectivity index (χ3n) is 7.84. The zero-order valence-electron chi connectivity index (χ0n) is 21.5. The van der Waals surface area contributed by atoms with Crippen molar-refractivity contribution < 1.29 is 10.2 Å². The van der Waals surface area contributed by atoms with E-state index in [1.54, 1.807) is 12.4 Å². The number of fused-ring (bicyclic) bond motifs is 1. The van der Waals surface area contributed by atoms with Crippen LogP contribution in [0.25, 0.3) is 0 Å². The summed E-state index contributed by atoms with van der Waals surface area (Å²) in [5.74, 6) is 6.49. The molecule has 2 atom stereocenters. The Bertz CT molecular complexity index is 1320. The van der Waals surface area contributed by atoms with E-state index in [1.165, 1.54) is 5.56 Å². The van der Waals surface area contributed by atoms with Gasteiger partial charge in [0.05, 0.1) is 11.9 Å². The molecule has 2 N–H and O–H groups in total.